The first kappa shape index (κ1) is 30.5. The summed E-state index contributed by atoms with van der Waals surface area (Å²) in [5, 5.41) is 10.4. The summed E-state index contributed by atoms with van der Waals surface area (Å²) in [7, 11) is 3.24. The fourth-order valence-corrected chi connectivity index (χ4v) is 5.39. The maximum absolute atomic E-state index is 12.4. The summed E-state index contributed by atoms with van der Waals surface area (Å²) in [5.41, 5.74) is 3.31. The molecule has 0 saturated carbocycles. The number of methoxy groups -OCH3 is 2. The lowest BCUT2D eigenvalue weighted by atomic mass is 9.84. The van der Waals surface area contributed by atoms with Gasteiger partial charge in [0.1, 0.15) is 24.6 Å². The second kappa shape index (κ2) is 14.5. The van der Waals surface area contributed by atoms with E-state index >= 15 is 0 Å². The highest BCUT2D eigenvalue weighted by atomic mass is 16.6. The Morgan fingerprint density at radius 1 is 0.659 bits per heavy atom. The predicted molar refractivity (Wildman–Crippen MR) is 168 cm³/mol. The predicted octanol–water partition coefficient (Wildman–Crippen LogP) is 7.55. The Kier molecular flexibility index (Phi) is 10.1. The summed E-state index contributed by atoms with van der Waals surface area (Å²) < 4.78 is 29.2. The molecule has 7 heteroatoms. The molecule has 1 heterocycles. The van der Waals surface area contributed by atoms with Crippen molar-refractivity contribution in [2.75, 3.05) is 14.2 Å². The minimum absolute atomic E-state index is 0.0331. The van der Waals surface area contributed by atoms with Gasteiger partial charge in [0.2, 0.25) is 0 Å². The highest BCUT2D eigenvalue weighted by Gasteiger charge is 2.38. The van der Waals surface area contributed by atoms with Crippen molar-refractivity contribution in [1.82, 2.24) is 0 Å². The highest BCUT2D eigenvalue weighted by Crippen LogP contribution is 2.37. The highest BCUT2D eigenvalue weighted by molar-refractivity contribution is 5.83. The number of hydrogen-bond donors (Lipinski definition) is 1. The maximum atomic E-state index is 12.4. The van der Waals surface area contributed by atoms with Crippen molar-refractivity contribution in [2.24, 2.45) is 0 Å². The van der Waals surface area contributed by atoms with Crippen LogP contribution in [0.3, 0.4) is 0 Å². The first-order valence-electron chi connectivity index (χ1n) is 14.7. The van der Waals surface area contributed by atoms with Crippen LogP contribution in [-0.4, -0.2) is 30.9 Å². The lowest BCUT2D eigenvalue weighted by Crippen LogP contribution is -2.39. The van der Waals surface area contributed by atoms with Crippen molar-refractivity contribution in [3.8, 4) is 23.0 Å². The Morgan fingerprint density at radius 3 is 1.57 bits per heavy atom. The lowest BCUT2D eigenvalue weighted by Gasteiger charge is -2.36. The van der Waals surface area contributed by atoms with Gasteiger partial charge in [0, 0.05) is 6.42 Å². The summed E-state index contributed by atoms with van der Waals surface area (Å²) in [5.74, 6) is 2.09. The summed E-state index contributed by atoms with van der Waals surface area (Å²) in [6.45, 7) is 0.873. The minimum atomic E-state index is -0.860. The third-order valence-electron chi connectivity index (χ3n) is 7.77. The zero-order valence-electron chi connectivity index (χ0n) is 25.2. The molecule has 0 amide bonds. The molecule has 4 aromatic carbocycles. The van der Waals surface area contributed by atoms with Crippen LogP contribution in [-0.2, 0) is 35.6 Å². The Hall–Kier alpha value is -4.91. The largest absolute Gasteiger partial charge is 0.512 e. The van der Waals surface area contributed by atoms with Crippen LogP contribution in [0.15, 0.2) is 109 Å². The van der Waals surface area contributed by atoms with Crippen molar-refractivity contribution < 1.29 is 33.6 Å². The molecular formula is C37H38O7. The van der Waals surface area contributed by atoms with Gasteiger partial charge in [-0.15, -0.1) is 0 Å². The van der Waals surface area contributed by atoms with Gasteiger partial charge in [0.05, 0.1) is 20.3 Å². The van der Waals surface area contributed by atoms with Gasteiger partial charge in [-0.3, -0.25) is 0 Å². The number of carbonyl (C=O) groups is 1. The number of carbonyl (C=O) groups excluding carboxylic acids is 1. The summed E-state index contributed by atoms with van der Waals surface area (Å²) in [4.78, 5) is 12.4. The molecule has 7 nitrogen and oxygen atoms in total. The molecule has 0 atom stereocenters. The van der Waals surface area contributed by atoms with Gasteiger partial charge < -0.3 is 28.8 Å². The van der Waals surface area contributed by atoms with Crippen molar-refractivity contribution in [2.45, 2.75) is 50.9 Å². The molecule has 0 saturated heterocycles. The standard InChI is InChI=1S/C37H38O7/c1-40-34-21-27(13-15-32(34)42-25-29-9-5-3-6-10-29)17-19-37(24-31(38)23-36(39)44-37)20-18-28-14-16-33(35(22-28)41-2)43-26-30-11-7-4-8-12-30/h3-16,21-23,38H,17-20,24-26H2,1-2H3. The van der Waals surface area contributed by atoms with Gasteiger partial charge in [0.15, 0.2) is 23.0 Å². The fraction of sp³-hybridized carbons (Fsp3) is 0.270. The van der Waals surface area contributed by atoms with E-state index in [1.807, 2.05) is 97.1 Å². The van der Waals surface area contributed by atoms with Crippen molar-refractivity contribution in [3.05, 3.63) is 131 Å². The van der Waals surface area contributed by atoms with Crippen LogP contribution in [0.1, 0.15) is 41.5 Å². The number of rotatable bonds is 14. The van der Waals surface area contributed by atoms with Crippen molar-refractivity contribution in [1.29, 1.82) is 0 Å². The van der Waals surface area contributed by atoms with E-state index < -0.39 is 11.6 Å². The smallest absolute Gasteiger partial charge is 0.334 e. The number of aliphatic hydroxyl groups is 1. The molecule has 0 unspecified atom stereocenters. The van der Waals surface area contributed by atoms with Gasteiger partial charge >= 0.3 is 5.97 Å². The second-order valence-corrected chi connectivity index (χ2v) is 10.9. The number of aryl methyl sites for hydroxylation is 2. The molecule has 0 bridgehead atoms. The van der Waals surface area contributed by atoms with Crippen LogP contribution in [0.5, 0.6) is 23.0 Å². The maximum Gasteiger partial charge on any atom is 0.334 e. The van der Waals surface area contributed by atoms with Gasteiger partial charge in [-0.2, -0.15) is 0 Å². The number of aliphatic hydroxyl groups excluding tert-OH is 1. The molecule has 228 valence electrons. The second-order valence-electron chi connectivity index (χ2n) is 10.9. The number of ether oxygens (including phenoxy) is 5. The molecule has 1 aliphatic heterocycles. The Bertz CT molecular complexity index is 1460. The molecule has 1 N–H and O–H groups in total. The van der Waals surface area contributed by atoms with Crippen LogP contribution >= 0.6 is 0 Å². The quantitative estimate of drug-likeness (QED) is 0.151. The van der Waals surface area contributed by atoms with E-state index in [4.69, 9.17) is 23.7 Å². The third-order valence-corrected chi connectivity index (χ3v) is 7.77. The minimum Gasteiger partial charge on any atom is -0.512 e. The van der Waals surface area contributed by atoms with E-state index in [2.05, 4.69) is 0 Å². The SMILES string of the molecule is COc1cc(CCC2(CCc3ccc(OCc4ccccc4)c(OC)c3)CC(O)=CC(=O)O2)ccc1OCc1ccccc1. The van der Waals surface area contributed by atoms with Gasteiger partial charge in [-0.25, -0.2) is 4.79 Å². The van der Waals surface area contributed by atoms with Crippen molar-refractivity contribution in [3.63, 3.8) is 0 Å². The van der Waals surface area contributed by atoms with Crippen molar-refractivity contribution >= 4 is 5.97 Å². The topological polar surface area (TPSA) is 83.5 Å². The molecule has 1 aliphatic rings. The van der Waals surface area contributed by atoms with Crippen LogP contribution in [0.4, 0.5) is 0 Å². The Morgan fingerprint density at radius 2 is 1.14 bits per heavy atom. The van der Waals surface area contributed by atoms with Crippen LogP contribution in [0.2, 0.25) is 0 Å². The molecule has 44 heavy (non-hydrogen) atoms. The average molecular weight is 595 g/mol. The van der Waals surface area contributed by atoms with E-state index in [0.717, 1.165) is 28.3 Å². The van der Waals surface area contributed by atoms with E-state index in [1.54, 1.807) is 14.2 Å². The van der Waals surface area contributed by atoms with Crippen LogP contribution in [0.25, 0.3) is 0 Å². The van der Waals surface area contributed by atoms with Crippen LogP contribution in [0, 0.1) is 0 Å². The van der Waals surface area contributed by atoms with Crippen LogP contribution < -0.4 is 18.9 Å². The molecule has 0 radical (unpaired) electrons. The normalized spacial score (nSPS) is 13.9. The molecule has 4 aromatic rings. The number of cyclic esters (lactones) is 1. The Labute approximate surface area is 258 Å². The first-order chi connectivity index (χ1) is 21.4. The van der Waals surface area contributed by atoms with E-state index in [0.29, 0.717) is 61.9 Å². The average Bonchev–Trinajstić information content (AvgIpc) is 3.05. The zero-order chi connectivity index (χ0) is 30.8. The molecule has 5 rings (SSSR count). The lowest BCUT2D eigenvalue weighted by molar-refractivity contribution is -0.158. The summed E-state index contributed by atoms with van der Waals surface area (Å²) in [6.07, 6.45) is 3.70. The molecular weight excluding hydrogens is 556 g/mol. The van der Waals surface area contributed by atoms with Gasteiger partial charge in [0.25, 0.3) is 0 Å². The number of hydrogen-bond acceptors (Lipinski definition) is 7. The molecule has 0 fully saturated rings. The monoisotopic (exact) mass is 594 g/mol. The van der Waals surface area contributed by atoms with E-state index in [-0.39, 0.29) is 12.2 Å². The number of benzene rings is 4. The van der Waals surface area contributed by atoms with E-state index in [9.17, 15) is 9.90 Å². The summed E-state index contributed by atoms with van der Waals surface area (Å²) in [6, 6.07) is 31.6. The van der Waals surface area contributed by atoms with Gasteiger partial charge in [-0.05, 0) is 72.2 Å². The molecule has 0 spiro atoms. The molecule has 0 aliphatic carbocycles. The third kappa shape index (κ3) is 8.13. The fourth-order valence-electron chi connectivity index (χ4n) is 5.39. The molecule has 0 aromatic heterocycles. The van der Waals surface area contributed by atoms with Gasteiger partial charge in [-0.1, -0.05) is 72.8 Å². The van der Waals surface area contributed by atoms with E-state index in [1.165, 1.54) is 0 Å². The number of esters is 1. The Balaban J connectivity index is 1.25. The first-order valence-corrected chi connectivity index (χ1v) is 14.7. The zero-order valence-corrected chi connectivity index (χ0v) is 25.2. The summed E-state index contributed by atoms with van der Waals surface area (Å²) >= 11 is 0.